The molecular weight excluding hydrogens is 170 g/mol. The van der Waals surface area contributed by atoms with Crippen LogP contribution in [0.5, 0.6) is 5.75 Å². The van der Waals surface area contributed by atoms with E-state index in [-0.39, 0.29) is 4.92 Å². The van der Waals surface area contributed by atoms with E-state index in [1.807, 2.05) is 0 Å². The molecular formula is C9H11NO3. The first kappa shape index (κ1) is 9.51. The molecule has 0 fully saturated rings. The van der Waals surface area contributed by atoms with Gasteiger partial charge >= 0.3 is 0 Å². The highest BCUT2D eigenvalue weighted by Crippen LogP contribution is 2.18. The average molecular weight is 181 g/mol. The Hall–Kier alpha value is -1.58. The maximum absolute atomic E-state index is 10.4. The molecule has 0 radical (unpaired) electrons. The van der Waals surface area contributed by atoms with Crippen molar-refractivity contribution in [1.82, 2.24) is 0 Å². The molecule has 0 aliphatic carbocycles. The smallest absolute Gasteiger partial charge is 0.235 e. The summed E-state index contributed by atoms with van der Waals surface area (Å²) in [6.07, 6.45) is 0. The van der Waals surface area contributed by atoms with Crippen molar-refractivity contribution in [2.75, 3.05) is 7.11 Å². The molecule has 1 rings (SSSR count). The zero-order valence-corrected chi connectivity index (χ0v) is 7.56. The minimum absolute atomic E-state index is 0.318. The highest BCUT2D eigenvalue weighted by Gasteiger charge is 2.14. The molecule has 4 heteroatoms. The number of ether oxygens (including phenoxy) is 1. The van der Waals surface area contributed by atoms with Gasteiger partial charge in [0.1, 0.15) is 5.75 Å². The van der Waals surface area contributed by atoms with Crippen molar-refractivity contribution in [1.29, 1.82) is 0 Å². The number of rotatable bonds is 3. The molecule has 0 aromatic heterocycles. The summed E-state index contributed by atoms with van der Waals surface area (Å²) >= 11 is 0. The summed E-state index contributed by atoms with van der Waals surface area (Å²) in [7, 11) is 1.56. The second-order valence-corrected chi connectivity index (χ2v) is 2.73. The number of benzene rings is 1. The monoisotopic (exact) mass is 181 g/mol. The van der Waals surface area contributed by atoms with Crippen molar-refractivity contribution in [3.63, 3.8) is 0 Å². The van der Waals surface area contributed by atoms with Crippen LogP contribution in [0.15, 0.2) is 24.3 Å². The van der Waals surface area contributed by atoms with E-state index < -0.39 is 6.04 Å². The number of nitro groups is 1. The topological polar surface area (TPSA) is 52.4 Å². The van der Waals surface area contributed by atoms with Crippen LogP contribution < -0.4 is 4.74 Å². The van der Waals surface area contributed by atoms with Gasteiger partial charge in [-0.2, -0.15) is 0 Å². The number of hydrogen-bond acceptors (Lipinski definition) is 3. The maximum atomic E-state index is 10.4. The van der Waals surface area contributed by atoms with E-state index in [0.717, 1.165) is 0 Å². The van der Waals surface area contributed by atoms with Gasteiger partial charge in [-0.15, -0.1) is 0 Å². The summed E-state index contributed by atoms with van der Waals surface area (Å²) in [6.45, 7) is 1.56. The first-order chi connectivity index (χ1) is 6.15. The third-order valence-corrected chi connectivity index (χ3v) is 1.91. The molecule has 0 aliphatic rings. The molecule has 1 aromatic rings. The van der Waals surface area contributed by atoms with E-state index in [4.69, 9.17) is 4.74 Å². The summed E-state index contributed by atoms with van der Waals surface area (Å²) in [4.78, 5) is 10.1. The highest BCUT2D eigenvalue weighted by molar-refractivity contribution is 5.28. The largest absolute Gasteiger partial charge is 0.497 e. The number of methoxy groups -OCH3 is 1. The van der Waals surface area contributed by atoms with Crippen LogP contribution in [-0.2, 0) is 0 Å². The van der Waals surface area contributed by atoms with Gasteiger partial charge < -0.3 is 4.74 Å². The van der Waals surface area contributed by atoms with Crippen molar-refractivity contribution in [3.8, 4) is 5.75 Å². The van der Waals surface area contributed by atoms with Crippen molar-refractivity contribution in [2.24, 2.45) is 0 Å². The van der Waals surface area contributed by atoms with Gasteiger partial charge in [0, 0.05) is 17.4 Å². The van der Waals surface area contributed by atoms with Crippen LogP contribution in [0.2, 0.25) is 0 Å². The van der Waals surface area contributed by atoms with Gasteiger partial charge in [-0.25, -0.2) is 0 Å². The molecule has 1 unspecified atom stereocenters. The molecule has 4 nitrogen and oxygen atoms in total. The summed E-state index contributed by atoms with van der Waals surface area (Å²) in [5.41, 5.74) is 0.686. The quantitative estimate of drug-likeness (QED) is 0.529. The molecule has 0 saturated heterocycles. The van der Waals surface area contributed by atoms with Gasteiger partial charge in [-0.05, 0) is 24.3 Å². The second kappa shape index (κ2) is 3.89. The predicted octanol–water partition coefficient (Wildman–Crippen LogP) is 2.03. The van der Waals surface area contributed by atoms with Gasteiger partial charge in [-0.1, -0.05) is 0 Å². The lowest BCUT2D eigenvalue weighted by Gasteiger charge is -2.04. The van der Waals surface area contributed by atoms with Gasteiger partial charge in [0.25, 0.3) is 0 Å². The van der Waals surface area contributed by atoms with Crippen LogP contribution in [-0.4, -0.2) is 12.0 Å². The Morgan fingerprint density at radius 2 is 1.92 bits per heavy atom. The van der Waals surface area contributed by atoms with E-state index in [2.05, 4.69) is 0 Å². The summed E-state index contributed by atoms with van der Waals surface area (Å²) in [5, 5.41) is 10.4. The fourth-order valence-electron chi connectivity index (χ4n) is 1.00. The fraction of sp³-hybridized carbons (Fsp3) is 0.333. The first-order valence-corrected chi connectivity index (χ1v) is 3.92. The van der Waals surface area contributed by atoms with E-state index >= 15 is 0 Å². The van der Waals surface area contributed by atoms with E-state index in [0.29, 0.717) is 11.3 Å². The average Bonchev–Trinajstić information content (AvgIpc) is 2.17. The van der Waals surface area contributed by atoms with E-state index in [1.54, 1.807) is 38.3 Å². The molecule has 13 heavy (non-hydrogen) atoms. The summed E-state index contributed by atoms with van der Waals surface area (Å²) in [6, 6.07) is 6.18. The standard InChI is InChI=1S/C9H11NO3/c1-7(10(11)12)8-3-5-9(13-2)6-4-8/h3-7H,1-2H3. The molecule has 1 aromatic carbocycles. The number of nitrogens with zero attached hydrogens (tertiary/aromatic N) is 1. The van der Waals surface area contributed by atoms with Gasteiger partial charge in [-0.3, -0.25) is 10.1 Å². The Bertz CT molecular complexity index is 294. The van der Waals surface area contributed by atoms with Crippen LogP contribution in [0, 0.1) is 10.1 Å². The Morgan fingerprint density at radius 1 is 1.38 bits per heavy atom. The molecule has 0 bridgehead atoms. The number of hydrogen-bond donors (Lipinski definition) is 0. The molecule has 0 N–H and O–H groups in total. The molecule has 0 aliphatic heterocycles. The Labute approximate surface area is 76.3 Å². The molecule has 0 amide bonds. The van der Waals surface area contributed by atoms with E-state index in [1.165, 1.54) is 0 Å². The molecule has 1 atom stereocenters. The van der Waals surface area contributed by atoms with Crippen LogP contribution in [0.3, 0.4) is 0 Å². The van der Waals surface area contributed by atoms with Crippen LogP contribution in [0.1, 0.15) is 18.5 Å². The minimum atomic E-state index is -0.661. The molecule has 0 saturated carbocycles. The Kier molecular flexibility index (Phi) is 2.84. The lowest BCUT2D eigenvalue weighted by atomic mass is 10.1. The molecule has 0 spiro atoms. The SMILES string of the molecule is COc1ccc(C(C)[N+](=O)[O-])cc1. The summed E-state index contributed by atoms with van der Waals surface area (Å²) < 4.78 is 4.94. The highest BCUT2D eigenvalue weighted by atomic mass is 16.6. The minimum Gasteiger partial charge on any atom is -0.497 e. The second-order valence-electron chi connectivity index (χ2n) is 2.73. The van der Waals surface area contributed by atoms with Crippen molar-refractivity contribution < 1.29 is 9.66 Å². The first-order valence-electron chi connectivity index (χ1n) is 3.92. The van der Waals surface area contributed by atoms with Crippen LogP contribution in [0.25, 0.3) is 0 Å². The third kappa shape index (κ3) is 2.18. The molecule has 70 valence electrons. The van der Waals surface area contributed by atoms with Crippen molar-refractivity contribution >= 4 is 0 Å². The normalized spacial score (nSPS) is 12.2. The van der Waals surface area contributed by atoms with Gasteiger partial charge in [0.2, 0.25) is 6.04 Å². The Balaban J connectivity index is 2.85. The van der Waals surface area contributed by atoms with Crippen LogP contribution >= 0.6 is 0 Å². The van der Waals surface area contributed by atoms with Crippen LogP contribution in [0.4, 0.5) is 0 Å². The maximum Gasteiger partial charge on any atom is 0.235 e. The van der Waals surface area contributed by atoms with Gasteiger partial charge in [0.15, 0.2) is 0 Å². The lowest BCUT2D eigenvalue weighted by molar-refractivity contribution is -0.524. The third-order valence-electron chi connectivity index (χ3n) is 1.91. The Morgan fingerprint density at radius 3 is 2.31 bits per heavy atom. The van der Waals surface area contributed by atoms with E-state index in [9.17, 15) is 10.1 Å². The van der Waals surface area contributed by atoms with Gasteiger partial charge in [0.05, 0.1) is 7.11 Å². The summed E-state index contributed by atoms with van der Waals surface area (Å²) in [5.74, 6) is 0.708. The van der Waals surface area contributed by atoms with Crippen molar-refractivity contribution in [2.45, 2.75) is 13.0 Å². The zero-order chi connectivity index (χ0) is 9.84. The lowest BCUT2D eigenvalue weighted by Crippen LogP contribution is -2.05. The van der Waals surface area contributed by atoms with Crippen molar-refractivity contribution in [3.05, 3.63) is 39.9 Å². The predicted molar refractivity (Wildman–Crippen MR) is 48.4 cm³/mol. The zero-order valence-electron chi connectivity index (χ0n) is 7.56. The molecule has 0 heterocycles. The fourth-order valence-corrected chi connectivity index (χ4v) is 1.00.